The monoisotopic (exact) mass is 414 g/mol. The number of phenolic OH excluding ortho intramolecular Hbond substituents is 1. The van der Waals surface area contributed by atoms with Crippen molar-refractivity contribution in [1.29, 1.82) is 0 Å². The first-order chi connectivity index (χ1) is 5.57. The molecule has 0 aromatic heterocycles. The van der Waals surface area contributed by atoms with Gasteiger partial charge in [-0.3, -0.25) is 0 Å². The number of halogens is 3. The summed E-state index contributed by atoms with van der Waals surface area (Å²) < 4.78 is 9.40. The number of aromatic hydroxyl groups is 1. The minimum atomic E-state index is -2.22. The summed E-state index contributed by atoms with van der Waals surface area (Å²) in [6.45, 7) is 0. The van der Waals surface area contributed by atoms with Crippen molar-refractivity contribution in [2.24, 2.45) is 0 Å². The van der Waals surface area contributed by atoms with Crippen molar-refractivity contribution in [3.05, 3.63) is 21.1 Å². The number of rotatable bonds is 1. The van der Waals surface area contributed by atoms with Crippen LogP contribution in [0.3, 0.4) is 0 Å². The molecule has 0 radical (unpaired) electrons. The van der Waals surface area contributed by atoms with Gasteiger partial charge in [0.15, 0.2) is 0 Å². The van der Waals surface area contributed by atoms with E-state index in [0.29, 0.717) is 3.07 Å². The van der Waals surface area contributed by atoms with Gasteiger partial charge in [-0.05, 0) is 0 Å². The Balaban J connectivity index is 3.40. The topological polar surface area (TPSA) is 40.5 Å². The van der Waals surface area contributed by atoms with E-state index < -0.39 is 25.0 Å². The van der Waals surface area contributed by atoms with Gasteiger partial charge >= 0.3 is 97.9 Å². The van der Waals surface area contributed by atoms with E-state index in [-0.39, 0.29) is 20.8 Å². The van der Waals surface area contributed by atoms with E-state index in [1.54, 1.807) is 0 Å². The molecule has 62 valence electrons. The van der Waals surface area contributed by atoms with Gasteiger partial charge in [-0.15, -0.1) is 0 Å². The molecule has 0 saturated heterocycles. The Morgan fingerprint density at radius 3 is 2.25 bits per heavy atom. The molecule has 0 spiro atoms. The molecule has 0 saturated carbocycles. The summed E-state index contributed by atoms with van der Waals surface area (Å²) in [4.78, 5) is 0. The molecule has 6 heteroatoms. The minimum absolute atomic E-state index is 0.0569. The summed E-state index contributed by atoms with van der Waals surface area (Å²) in [7, 11) is 0. The molecule has 0 bridgehead atoms. The molecule has 0 heterocycles. The molecule has 1 aromatic carbocycles. The second-order valence-electron chi connectivity index (χ2n) is 2.14. The van der Waals surface area contributed by atoms with Crippen LogP contribution in [0.15, 0.2) is 6.07 Å². The summed E-state index contributed by atoms with van der Waals surface area (Å²) in [5, 5.41) is 9.84. The summed E-state index contributed by atoms with van der Waals surface area (Å²) >= 11 is 14.8. The van der Waals surface area contributed by atoms with Crippen LogP contribution < -0.4 is 3.07 Å². The predicted octanol–water partition coefficient (Wildman–Crippen LogP) is 1.97. The molecule has 1 rings (SSSR count). The van der Waals surface area contributed by atoms with Crippen molar-refractivity contribution in [3.63, 3.8) is 0 Å². The Labute approximate surface area is 97.2 Å². The zero-order valence-electron chi connectivity index (χ0n) is 5.81. The van der Waals surface area contributed by atoms with Gasteiger partial charge in [0.2, 0.25) is 0 Å². The molecular weight excluding hydrogens is 411 g/mol. The molecule has 0 unspecified atom stereocenters. The van der Waals surface area contributed by atoms with Crippen LogP contribution in [0.4, 0.5) is 0 Å². The van der Waals surface area contributed by atoms with E-state index in [4.69, 9.17) is 37.8 Å². The molecule has 0 amide bonds. The van der Waals surface area contributed by atoms with Crippen molar-refractivity contribution in [1.82, 2.24) is 0 Å². The Kier molecular flexibility index (Phi) is 3.92. The molecule has 12 heavy (non-hydrogen) atoms. The van der Waals surface area contributed by atoms with E-state index in [0.717, 1.165) is 0 Å². The second-order valence-corrected chi connectivity index (χ2v) is 7.28. The average molecular weight is 414 g/mol. The standard InChI is InChI=1S/C6H2Cl3O.Hg.H2O/c7-4-1-3(10)2-5(8)6(4)9;;/h1,10H;;1H2/q;+1;/p-1. The van der Waals surface area contributed by atoms with E-state index in [1.165, 1.54) is 6.07 Å². The van der Waals surface area contributed by atoms with Gasteiger partial charge in [-0.25, -0.2) is 0 Å². The van der Waals surface area contributed by atoms with E-state index in [1.807, 2.05) is 0 Å². The molecule has 0 atom stereocenters. The Morgan fingerprint density at radius 1 is 1.17 bits per heavy atom. The molecule has 0 aliphatic rings. The molecule has 0 fully saturated rings. The Bertz CT molecular complexity index is 316. The van der Waals surface area contributed by atoms with Crippen LogP contribution in [0.2, 0.25) is 15.1 Å². The van der Waals surface area contributed by atoms with Crippen molar-refractivity contribution in [3.8, 4) is 5.75 Å². The fraction of sp³-hybridized carbons (Fsp3) is 0. The van der Waals surface area contributed by atoms with Gasteiger partial charge in [-0.1, -0.05) is 0 Å². The number of phenols is 1. The summed E-state index contributed by atoms with van der Waals surface area (Å²) in [6.07, 6.45) is 0. The molecule has 0 aliphatic heterocycles. The van der Waals surface area contributed by atoms with E-state index in [2.05, 4.69) is 0 Å². The summed E-state index contributed by atoms with van der Waals surface area (Å²) in [6, 6.07) is 1.29. The van der Waals surface area contributed by atoms with Gasteiger partial charge in [0, 0.05) is 0 Å². The van der Waals surface area contributed by atoms with Crippen LogP contribution in [-0.4, -0.2) is 8.12 Å². The van der Waals surface area contributed by atoms with E-state index >= 15 is 0 Å². The molecule has 1 aromatic rings. The van der Waals surface area contributed by atoms with Crippen LogP contribution in [0.25, 0.3) is 0 Å². The van der Waals surface area contributed by atoms with Crippen LogP contribution in [0.5, 0.6) is 5.75 Å². The average Bonchev–Trinajstić information content (AvgIpc) is 2.01. The second kappa shape index (κ2) is 4.33. The zero-order valence-corrected chi connectivity index (χ0v) is 13.6. The zero-order chi connectivity index (χ0) is 9.30. The normalized spacial score (nSPS) is 9.67. The first kappa shape index (κ1) is 10.9. The quantitative estimate of drug-likeness (QED) is 0.546. The first-order valence-corrected chi connectivity index (χ1v) is 9.38. The van der Waals surface area contributed by atoms with Crippen LogP contribution in [0, 0.1) is 0 Å². The third-order valence-electron chi connectivity index (χ3n) is 1.40. The third-order valence-corrected chi connectivity index (χ3v) is 7.58. The van der Waals surface area contributed by atoms with Gasteiger partial charge in [-0.2, -0.15) is 0 Å². The molecule has 2 N–H and O–H groups in total. The molecule has 0 aliphatic carbocycles. The van der Waals surface area contributed by atoms with Crippen LogP contribution in [0.1, 0.15) is 0 Å². The van der Waals surface area contributed by atoms with Crippen molar-refractivity contribution in [2.75, 3.05) is 0 Å². The maximum absolute atomic E-state index is 9.26. The first-order valence-electron chi connectivity index (χ1n) is 3.04. The fourth-order valence-corrected chi connectivity index (χ4v) is 4.60. The Hall–Kier alpha value is 0.785. The predicted molar refractivity (Wildman–Crippen MR) is 45.0 cm³/mol. The Morgan fingerprint density at radius 2 is 1.75 bits per heavy atom. The SMILES string of the molecule is [OH][Hg][c]1c(O)cc(Cl)c(Cl)c1Cl. The summed E-state index contributed by atoms with van der Waals surface area (Å²) in [5.41, 5.74) is 0. The van der Waals surface area contributed by atoms with Gasteiger partial charge in [0.1, 0.15) is 0 Å². The summed E-state index contributed by atoms with van der Waals surface area (Å²) in [5.74, 6) is -0.0569. The number of benzene rings is 1. The van der Waals surface area contributed by atoms with E-state index in [9.17, 15) is 5.11 Å². The van der Waals surface area contributed by atoms with Gasteiger partial charge in [0.25, 0.3) is 0 Å². The van der Waals surface area contributed by atoms with Crippen molar-refractivity contribution in [2.45, 2.75) is 0 Å². The third kappa shape index (κ3) is 1.99. The maximum atomic E-state index is 9.26. The van der Waals surface area contributed by atoms with Crippen molar-refractivity contribution >= 4 is 37.9 Å². The van der Waals surface area contributed by atoms with Crippen LogP contribution >= 0.6 is 34.8 Å². The van der Waals surface area contributed by atoms with Gasteiger partial charge < -0.3 is 0 Å². The van der Waals surface area contributed by atoms with Gasteiger partial charge in [0.05, 0.1) is 0 Å². The van der Waals surface area contributed by atoms with Crippen molar-refractivity contribution < 1.29 is 33.2 Å². The number of hydrogen-bond donors (Lipinski definition) is 2. The number of hydrogen-bond acceptors (Lipinski definition) is 2. The fourth-order valence-electron chi connectivity index (χ4n) is 0.771. The van der Waals surface area contributed by atoms with Crippen LogP contribution in [-0.2, 0) is 25.0 Å². The molecular formula is C6H3Cl3HgO2. The molecule has 2 nitrogen and oxygen atoms in total.